The van der Waals surface area contributed by atoms with Crippen LogP contribution in [0.1, 0.15) is 132 Å². The summed E-state index contributed by atoms with van der Waals surface area (Å²) in [5.41, 5.74) is -0.407. The summed E-state index contributed by atoms with van der Waals surface area (Å²) in [5.74, 6) is -0.0108. The van der Waals surface area contributed by atoms with Gasteiger partial charge >= 0.3 is 17.9 Å². The second-order valence-corrected chi connectivity index (χ2v) is 15.4. The zero-order chi connectivity index (χ0) is 37.0. The molecule has 3 saturated carbocycles. The highest BCUT2D eigenvalue weighted by Gasteiger charge is 2.47. The van der Waals surface area contributed by atoms with Gasteiger partial charge in [0.2, 0.25) is 0 Å². The molecular formula is C40H70O12. The molecule has 0 N–H and O–H groups in total. The van der Waals surface area contributed by atoms with E-state index in [1.165, 1.54) is 0 Å². The summed E-state index contributed by atoms with van der Waals surface area (Å²) in [6, 6.07) is 0. The fourth-order valence-electron chi connectivity index (χ4n) is 8.44. The van der Waals surface area contributed by atoms with Gasteiger partial charge in [-0.05, 0) is 90.9 Å². The van der Waals surface area contributed by atoms with E-state index in [0.29, 0.717) is 83.6 Å². The van der Waals surface area contributed by atoms with Crippen LogP contribution < -0.4 is 0 Å². The fourth-order valence-corrected chi connectivity index (χ4v) is 8.44. The van der Waals surface area contributed by atoms with Crippen LogP contribution in [0.5, 0.6) is 0 Å². The number of ether oxygens (including phenoxy) is 9. The van der Waals surface area contributed by atoms with Gasteiger partial charge in [0.15, 0.2) is 17.4 Å². The molecule has 1 unspecified atom stereocenters. The Labute approximate surface area is 312 Å². The minimum atomic E-state index is -0.407. The van der Waals surface area contributed by atoms with Crippen LogP contribution in [-0.4, -0.2) is 94.7 Å². The van der Waals surface area contributed by atoms with E-state index in [4.69, 9.17) is 42.6 Å². The van der Waals surface area contributed by atoms with Crippen molar-refractivity contribution in [2.24, 2.45) is 29.1 Å². The highest BCUT2D eigenvalue weighted by molar-refractivity contribution is 5.76. The number of carbonyl (C=O) groups is 3. The summed E-state index contributed by atoms with van der Waals surface area (Å²) in [6.07, 6.45) is 11.9. The Morgan fingerprint density at radius 3 is 1.40 bits per heavy atom. The predicted octanol–water partition coefficient (Wildman–Crippen LogP) is 7.14. The van der Waals surface area contributed by atoms with Gasteiger partial charge in [0.25, 0.3) is 0 Å². The molecule has 6 aliphatic rings. The molecule has 0 aromatic rings. The SMILES string of the molecule is C.CCOC(=O)C(C)(C)C1CCC2(CC1)OCCO2.CCOC(=O)C(C)C1CCC2(CC1)OCCO2.CCOC(=O)CC1CCC2(CC1)OCCO2. The number of rotatable bonds is 9. The standard InChI is InChI=1S/C14H24O4.C13H22O4.C12H20O4.CH4/c1-4-16-12(15)13(2,3)11-5-7-14(8-6-11)17-9-10-18-14;1-3-15-12(14)10(2)11-4-6-13(7-5-11)16-8-9-17-13;1-2-14-11(13)9-10-3-5-12(6-4-10)15-7-8-16-12;/h11H,4-10H2,1-3H3;10-11H,3-9H2,1-2H3;10H,2-9H2,1H3;1H4. The zero-order valence-corrected chi connectivity index (χ0v) is 32.3. The fraction of sp³-hybridized carbons (Fsp3) is 0.925. The maximum atomic E-state index is 12.0. The minimum Gasteiger partial charge on any atom is -0.466 e. The number of hydrogen-bond donors (Lipinski definition) is 0. The monoisotopic (exact) mass is 742 g/mol. The molecule has 52 heavy (non-hydrogen) atoms. The molecule has 0 bridgehead atoms. The van der Waals surface area contributed by atoms with E-state index < -0.39 is 5.41 Å². The molecule has 3 saturated heterocycles. The van der Waals surface area contributed by atoms with Gasteiger partial charge in [0, 0.05) is 44.9 Å². The summed E-state index contributed by atoms with van der Waals surface area (Å²) in [6.45, 7) is 17.1. The molecule has 3 aliphatic carbocycles. The molecule has 0 radical (unpaired) electrons. The summed E-state index contributed by atoms with van der Waals surface area (Å²) in [4.78, 5) is 35.0. The normalized spacial score (nSPS) is 26.7. The van der Waals surface area contributed by atoms with Gasteiger partial charge in [-0.2, -0.15) is 0 Å². The number of esters is 3. The summed E-state index contributed by atoms with van der Waals surface area (Å²) >= 11 is 0. The van der Waals surface area contributed by atoms with Crippen LogP contribution in [0.15, 0.2) is 0 Å². The summed E-state index contributed by atoms with van der Waals surface area (Å²) < 4.78 is 49.3. The lowest BCUT2D eigenvalue weighted by atomic mass is 9.69. The van der Waals surface area contributed by atoms with Crippen LogP contribution in [-0.2, 0) is 57.0 Å². The Morgan fingerprint density at radius 2 is 1.00 bits per heavy atom. The minimum absolute atomic E-state index is 0. The molecule has 12 heteroatoms. The van der Waals surface area contributed by atoms with Crippen molar-refractivity contribution >= 4 is 17.9 Å². The van der Waals surface area contributed by atoms with E-state index in [2.05, 4.69) is 0 Å². The van der Waals surface area contributed by atoms with Crippen LogP contribution >= 0.6 is 0 Å². The molecule has 12 nitrogen and oxygen atoms in total. The Balaban J connectivity index is 0.000000209. The molecule has 3 aliphatic heterocycles. The molecule has 3 spiro atoms. The third-order valence-corrected chi connectivity index (χ3v) is 11.8. The molecular weight excluding hydrogens is 672 g/mol. The van der Waals surface area contributed by atoms with E-state index in [0.717, 1.165) is 77.0 Å². The summed E-state index contributed by atoms with van der Waals surface area (Å²) in [7, 11) is 0. The van der Waals surface area contributed by atoms with E-state index in [-0.39, 0.29) is 48.6 Å². The molecule has 302 valence electrons. The second kappa shape index (κ2) is 20.7. The topological polar surface area (TPSA) is 134 Å². The van der Waals surface area contributed by atoms with E-state index in [1.54, 1.807) is 0 Å². The van der Waals surface area contributed by atoms with Gasteiger partial charge in [-0.3, -0.25) is 14.4 Å². The Hall–Kier alpha value is -1.83. The molecule has 1 atom stereocenters. The van der Waals surface area contributed by atoms with Crippen molar-refractivity contribution < 1.29 is 57.0 Å². The van der Waals surface area contributed by atoms with E-state index in [1.807, 2.05) is 41.5 Å². The number of hydrogen-bond acceptors (Lipinski definition) is 12. The molecule has 0 amide bonds. The van der Waals surface area contributed by atoms with Crippen molar-refractivity contribution in [3.05, 3.63) is 0 Å². The Bertz CT molecular complexity index is 1060. The first kappa shape index (κ1) is 44.6. The first-order valence-corrected chi connectivity index (χ1v) is 19.7. The second-order valence-electron chi connectivity index (χ2n) is 15.4. The first-order chi connectivity index (χ1) is 24.4. The molecule has 3 heterocycles. The Morgan fingerprint density at radius 1 is 0.615 bits per heavy atom. The quantitative estimate of drug-likeness (QED) is 0.176. The first-order valence-electron chi connectivity index (χ1n) is 19.7. The molecule has 6 fully saturated rings. The average molecular weight is 743 g/mol. The number of carbonyl (C=O) groups excluding carboxylic acids is 3. The van der Waals surface area contributed by atoms with Gasteiger partial charge in [0.1, 0.15) is 0 Å². The van der Waals surface area contributed by atoms with Crippen molar-refractivity contribution in [1.82, 2.24) is 0 Å². The van der Waals surface area contributed by atoms with Crippen LogP contribution in [0.3, 0.4) is 0 Å². The highest BCUT2D eigenvalue weighted by atomic mass is 16.7. The van der Waals surface area contributed by atoms with Crippen LogP contribution in [0.25, 0.3) is 0 Å². The van der Waals surface area contributed by atoms with Gasteiger partial charge in [-0.1, -0.05) is 14.4 Å². The largest absolute Gasteiger partial charge is 0.466 e. The molecule has 0 aromatic heterocycles. The van der Waals surface area contributed by atoms with Crippen molar-refractivity contribution in [2.45, 2.75) is 150 Å². The smallest absolute Gasteiger partial charge is 0.311 e. The lowest BCUT2D eigenvalue weighted by Gasteiger charge is -2.40. The lowest BCUT2D eigenvalue weighted by molar-refractivity contribution is -0.191. The Kier molecular flexibility index (Phi) is 17.8. The van der Waals surface area contributed by atoms with Gasteiger partial charge in [0.05, 0.1) is 70.8 Å². The van der Waals surface area contributed by atoms with E-state index in [9.17, 15) is 14.4 Å². The van der Waals surface area contributed by atoms with Gasteiger partial charge in [-0.25, -0.2) is 0 Å². The van der Waals surface area contributed by atoms with Crippen molar-refractivity contribution in [1.29, 1.82) is 0 Å². The predicted molar refractivity (Wildman–Crippen MR) is 194 cm³/mol. The van der Waals surface area contributed by atoms with Crippen molar-refractivity contribution in [2.75, 3.05) is 59.5 Å². The summed E-state index contributed by atoms with van der Waals surface area (Å²) in [5, 5.41) is 0. The van der Waals surface area contributed by atoms with Crippen molar-refractivity contribution in [3.63, 3.8) is 0 Å². The van der Waals surface area contributed by atoms with E-state index >= 15 is 0 Å². The highest BCUT2D eigenvalue weighted by Crippen LogP contribution is 2.46. The molecule has 0 aromatic carbocycles. The van der Waals surface area contributed by atoms with Crippen LogP contribution in [0, 0.1) is 29.1 Å². The third kappa shape index (κ3) is 12.1. The van der Waals surface area contributed by atoms with Crippen LogP contribution in [0.2, 0.25) is 0 Å². The van der Waals surface area contributed by atoms with Gasteiger partial charge in [-0.15, -0.1) is 0 Å². The lowest BCUT2D eigenvalue weighted by Crippen LogP contribution is -2.42. The average Bonchev–Trinajstić information content (AvgIpc) is 3.90. The van der Waals surface area contributed by atoms with Crippen LogP contribution in [0.4, 0.5) is 0 Å². The molecule has 6 rings (SSSR count). The van der Waals surface area contributed by atoms with Crippen molar-refractivity contribution in [3.8, 4) is 0 Å². The maximum Gasteiger partial charge on any atom is 0.311 e. The third-order valence-electron chi connectivity index (χ3n) is 11.8. The zero-order valence-electron chi connectivity index (χ0n) is 32.3. The maximum absolute atomic E-state index is 12.0. The van der Waals surface area contributed by atoms with Gasteiger partial charge < -0.3 is 42.6 Å².